The number of carbonyl (C=O) groups is 3. The van der Waals surface area contributed by atoms with Crippen molar-refractivity contribution >= 4 is 28.9 Å². The Balaban J connectivity index is 1.48. The quantitative estimate of drug-likeness (QED) is 0.306. The van der Waals surface area contributed by atoms with E-state index in [4.69, 9.17) is 5.73 Å². The lowest BCUT2D eigenvalue weighted by Gasteiger charge is -2.50. The highest BCUT2D eigenvalue weighted by atomic mass is 16.3. The molecule has 2 fully saturated rings. The van der Waals surface area contributed by atoms with Crippen LogP contribution in [0, 0.1) is 17.8 Å². The smallest absolute Gasteiger partial charge is 0.255 e. The lowest BCUT2D eigenvalue weighted by molar-refractivity contribution is -0.153. The van der Waals surface area contributed by atoms with Gasteiger partial charge in [0.2, 0.25) is 5.78 Å². The summed E-state index contributed by atoms with van der Waals surface area (Å²) >= 11 is 0. The molecule has 2 aromatic rings. The first-order chi connectivity index (χ1) is 21.3. The van der Waals surface area contributed by atoms with Gasteiger partial charge in [-0.3, -0.25) is 19.3 Å². The second-order valence-electron chi connectivity index (χ2n) is 13.6. The Labute approximate surface area is 262 Å². The van der Waals surface area contributed by atoms with Gasteiger partial charge in [-0.05, 0) is 68.0 Å². The predicted molar refractivity (Wildman–Crippen MR) is 170 cm³/mol. The third kappa shape index (κ3) is 4.65. The number of nitrogens with two attached hydrogens (primary N) is 1. The van der Waals surface area contributed by atoms with Crippen molar-refractivity contribution in [2.24, 2.45) is 23.5 Å². The number of aromatic hydroxyl groups is 1. The first-order valence-corrected chi connectivity index (χ1v) is 15.6. The number of primary amides is 1. The molecule has 4 aliphatic rings. The number of nitrogens with zero attached hydrogens (tertiary/aromatic N) is 2. The highest BCUT2D eigenvalue weighted by molar-refractivity contribution is 6.24. The van der Waals surface area contributed by atoms with E-state index in [1.807, 2.05) is 37.2 Å². The van der Waals surface area contributed by atoms with Gasteiger partial charge in [-0.2, -0.15) is 0 Å². The van der Waals surface area contributed by atoms with Crippen LogP contribution in [-0.2, 0) is 27.2 Å². The summed E-state index contributed by atoms with van der Waals surface area (Å²) in [4.78, 5) is 43.2. The van der Waals surface area contributed by atoms with Crippen molar-refractivity contribution in [2.75, 3.05) is 33.1 Å². The van der Waals surface area contributed by atoms with Crippen LogP contribution in [0.15, 0.2) is 47.2 Å². The third-order valence-electron chi connectivity index (χ3n) is 10.4. The number of Topliss-reactive ketones (excluding diaryl/α,β-unsaturated/α-hetero) is 2. The number of anilines is 1. The van der Waals surface area contributed by atoms with Crippen LogP contribution in [0.25, 0.3) is 16.9 Å². The van der Waals surface area contributed by atoms with E-state index in [0.29, 0.717) is 17.0 Å². The summed E-state index contributed by atoms with van der Waals surface area (Å²) in [7, 11) is 6.88. The zero-order chi connectivity index (χ0) is 32.5. The van der Waals surface area contributed by atoms with Crippen LogP contribution in [-0.4, -0.2) is 82.6 Å². The highest BCUT2D eigenvalue weighted by Crippen LogP contribution is 2.55. The summed E-state index contributed by atoms with van der Waals surface area (Å²) in [5.74, 6) is -5.90. The minimum absolute atomic E-state index is 0.0452. The molecule has 2 saturated carbocycles. The van der Waals surface area contributed by atoms with Crippen molar-refractivity contribution in [1.29, 1.82) is 0 Å². The van der Waals surface area contributed by atoms with Gasteiger partial charge in [-0.1, -0.05) is 49.9 Å². The summed E-state index contributed by atoms with van der Waals surface area (Å²) in [6.45, 7) is 0. The van der Waals surface area contributed by atoms with Gasteiger partial charge >= 0.3 is 0 Å². The number of amides is 1. The SMILES string of the molecule is CN(C)c1cc(-c2ccc(CC3CCCC3)cc2)c(O)c2c1C[C@@H]1C[C@@H]3[C@@H](N(C)C)C(=O)C(C(N)=O)=C(O)[C@]3(O)C(=O)C1=C2O. The van der Waals surface area contributed by atoms with Gasteiger partial charge in [0.25, 0.3) is 5.91 Å². The Hall–Kier alpha value is -4.15. The maximum absolute atomic E-state index is 14.2. The monoisotopic (exact) mass is 615 g/mol. The number of carbonyl (C=O) groups excluding carboxylic acids is 3. The Morgan fingerprint density at radius 1 is 1.02 bits per heavy atom. The van der Waals surface area contributed by atoms with Crippen LogP contribution in [0.3, 0.4) is 0 Å². The van der Waals surface area contributed by atoms with E-state index in [0.717, 1.165) is 17.7 Å². The molecule has 0 aliphatic heterocycles. The van der Waals surface area contributed by atoms with Crippen molar-refractivity contribution < 1.29 is 34.8 Å². The number of hydrogen-bond donors (Lipinski definition) is 5. The first-order valence-electron chi connectivity index (χ1n) is 15.6. The molecule has 6 rings (SSSR count). The third-order valence-corrected chi connectivity index (χ3v) is 10.4. The maximum Gasteiger partial charge on any atom is 0.255 e. The Morgan fingerprint density at radius 3 is 2.24 bits per heavy atom. The van der Waals surface area contributed by atoms with Crippen molar-refractivity contribution in [1.82, 2.24) is 4.90 Å². The molecule has 2 aromatic carbocycles. The van der Waals surface area contributed by atoms with Crippen molar-refractivity contribution in [3.05, 3.63) is 63.9 Å². The number of aliphatic hydroxyl groups excluding tert-OH is 2. The van der Waals surface area contributed by atoms with E-state index in [1.165, 1.54) is 36.1 Å². The molecule has 0 unspecified atom stereocenters. The Morgan fingerprint density at radius 2 is 1.67 bits per heavy atom. The van der Waals surface area contributed by atoms with Crippen molar-refractivity contribution in [3.8, 4) is 16.9 Å². The fourth-order valence-electron chi connectivity index (χ4n) is 8.28. The molecule has 0 radical (unpaired) electrons. The molecule has 45 heavy (non-hydrogen) atoms. The summed E-state index contributed by atoms with van der Waals surface area (Å²) < 4.78 is 0. The Bertz CT molecular complexity index is 1670. The predicted octanol–water partition coefficient (Wildman–Crippen LogP) is 3.43. The number of aliphatic hydroxyl groups is 3. The lowest BCUT2D eigenvalue weighted by Crippen LogP contribution is -2.65. The number of ketones is 2. The molecule has 4 atom stereocenters. The summed E-state index contributed by atoms with van der Waals surface area (Å²) in [5, 5.41) is 46.5. The number of likely N-dealkylation sites (N-methyl/N-ethyl adjacent to an activating group) is 1. The molecule has 10 heteroatoms. The summed E-state index contributed by atoms with van der Waals surface area (Å²) in [6.07, 6.45) is 6.32. The van der Waals surface area contributed by atoms with Gasteiger partial charge in [0.15, 0.2) is 11.4 Å². The molecule has 0 spiro atoms. The van der Waals surface area contributed by atoms with E-state index in [9.17, 15) is 34.8 Å². The maximum atomic E-state index is 14.2. The molecule has 0 bridgehead atoms. The minimum Gasteiger partial charge on any atom is -0.508 e. The van der Waals surface area contributed by atoms with Gasteiger partial charge in [0.1, 0.15) is 22.8 Å². The van der Waals surface area contributed by atoms with Crippen LogP contribution in [0.5, 0.6) is 5.75 Å². The molecule has 0 heterocycles. The molecule has 4 aliphatic carbocycles. The fraction of sp³-hybridized carbons (Fsp3) is 0.457. The molecular formula is C35H41N3O7. The molecule has 238 valence electrons. The average molecular weight is 616 g/mol. The molecule has 1 amide bonds. The molecule has 6 N–H and O–H groups in total. The van der Waals surface area contributed by atoms with Crippen LogP contribution >= 0.6 is 0 Å². The molecule has 10 nitrogen and oxygen atoms in total. The van der Waals surface area contributed by atoms with Crippen LogP contribution < -0.4 is 10.6 Å². The molecule has 0 saturated heterocycles. The standard InChI is InChI=1S/C35H41N3O7/c1-37(2)24-16-21(19-11-9-18(10-12-19)13-17-7-5-6-8-17)29(39)26-22(24)14-20-15-23-28(38(3)4)31(41)27(34(36)44)33(43)35(23,45)32(42)25(20)30(26)40/h9-12,16-17,20,23,28,39-40,43,45H,5-8,13-15H2,1-4H3,(H2,36,44)/t20-,23-,28-,35-/m1/s1. The topological polar surface area (TPSA) is 165 Å². The highest BCUT2D eigenvalue weighted by Gasteiger charge is 2.64. The van der Waals surface area contributed by atoms with Crippen LogP contribution in [0.4, 0.5) is 5.69 Å². The number of rotatable bonds is 6. The molecule has 0 aromatic heterocycles. The summed E-state index contributed by atoms with van der Waals surface area (Å²) in [5.41, 5.74) is 5.68. The number of hydrogen-bond acceptors (Lipinski definition) is 9. The van der Waals surface area contributed by atoms with Gasteiger partial charge in [-0.15, -0.1) is 0 Å². The number of benzene rings is 2. The van der Waals surface area contributed by atoms with E-state index in [-0.39, 0.29) is 29.7 Å². The Kier molecular flexibility index (Phi) is 7.56. The minimum atomic E-state index is -2.67. The second kappa shape index (κ2) is 11.0. The van der Waals surface area contributed by atoms with Crippen LogP contribution in [0.2, 0.25) is 0 Å². The number of fused-ring (bicyclic) bond motifs is 3. The lowest BCUT2D eigenvalue weighted by atomic mass is 9.57. The normalized spacial score (nSPS) is 26.7. The number of phenols is 1. The van der Waals surface area contributed by atoms with E-state index in [1.54, 1.807) is 14.1 Å². The van der Waals surface area contributed by atoms with Crippen molar-refractivity contribution in [3.63, 3.8) is 0 Å². The molecular weight excluding hydrogens is 574 g/mol. The van der Waals surface area contributed by atoms with E-state index in [2.05, 4.69) is 12.1 Å². The summed E-state index contributed by atoms with van der Waals surface area (Å²) in [6, 6.07) is 8.78. The fourth-order valence-corrected chi connectivity index (χ4v) is 8.28. The first kappa shape index (κ1) is 30.9. The zero-order valence-electron chi connectivity index (χ0n) is 26.1. The van der Waals surface area contributed by atoms with E-state index < -0.39 is 58.0 Å². The number of phenolic OH excluding ortho intramolecular Hbond substituents is 1. The van der Waals surface area contributed by atoms with Gasteiger partial charge in [0.05, 0.1) is 11.6 Å². The average Bonchev–Trinajstić information content (AvgIpc) is 3.48. The zero-order valence-corrected chi connectivity index (χ0v) is 26.1. The van der Waals surface area contributed by atoms with Crippen LogP contribution in [0.1, 0.15) is 48.8 Å². The van der Waals surface area contributed by atoms with Gasteiger partial charge < -0.3 is 31.1 Å². The van der Waals surface area contributed by atoms with Crippen molar-refractivity contribution in [2.45, 2.75) is 56.6 Å². The largest absolute Gasteiger partial charge is 0.508 e. The second-order valence-corrected chi connectivity index (χ2v) is 13.6. The van der Waals surface area contributed by atoms with Gasteiger partial charge in [-0.25, -0.2) is 0 Å². The van der Waals surface area contributed by atoms with E-state index >= 15 is 0 Å². The van der Waals surface area contributed by atoms with Gasteiger partial charge in [0, 0.05) is 36.8 Å².